The van der Waals surface area contributed by atoms with Crippen molar-refractivity contribution >= 4 is 11.6 Å². The zero-order chi connectivity index (χ0) is 14.5. The van der Waals surface area contributed by atoms with Crippen molar-refractivity contribution in [3.05, 3.63) is 65.7 Å². The third-order valence-corrected chi connectivity index (χ3v) is 3.00. The zero-order valence-electron chi connectivity index (χ0n) is 11.1. The van der Waals surface area contributed by atoms with Gasteiger partial charge in [-0.1, -0.05) is 12.1 Å². The Balaban J connectivity index is 2.15. The number of hydrogen-bond acceptors (Lipinski definition) is 1. The van der Waals surface area contributed by atoms with Crippen molar-refractivity contribution in [2.45, 2.75) is 13.3 Å². The molecule has 0 aliphatic heterocycles. The summed E-state index contributed by atoms with van der Waals surface area (Å²) in [7, 11) is 0. The highest BCUT2D eigenvalue weighted by atomic mass is 19.1. The average Bonchev–Trinajstić information content (AvgIpc) is 2.42. The highest BCUT2D eigenvalue weighted by molar-refractivity contribution is 5.94. The summed E-state index contributed by atoms with van der Waals surface area (Å²) in [5.41, 5.74) is 1.26. The van der Waals surface area contributed by atoms with Gasteiger partial charge in [-0.05, 0) is 48.9 Å². The average molecular weight is 275 g/mol. The second-order valence-electron chi connectivity index (χ2n) is 4.42. The molecule has 0 saturated carbocycles. The van der Waals surface area contributed by atoms with Crippen LogP contribution in [0.2, 0.25) is 0 Å². The molecule has 0 bridgehead atoms. The number of anilines is 1. The van der Waals surface area contributed by atoms with Gasteiger partial charge in [0, 0.05) is 12.2 Å². The van der Waals surface area contributed by atoms with E-state index in [4.69, 9.17) is 0 Å². The lowest BCUT2D eigenvalue weighted by molar-refractivity contribution is -0.117. The summed E-state index contributed by atoms with van der Waals surface area (Å²) in [6.45, 7) is 2.31. The Kier molecular flexibility index (Phi) is 4.45. The van der Waals surface area contributed by atoms with Gasteiger partial charge >= 0.3 is 0 Å². The van der Waals surface area contributed by atoms with Crippen LogP contribution in [0.1, 0.15) is 12.5 Å². The second kappa shape index (κ2) is 6.28. The number of carbonyl (C=O) groups excluding carboxylic acids is 1. The Hall–Kier alpha value is -2.23. The molecule has 0 heterocycles. The molecular formula is C16H15F2NO. The van der Waals surface area contributed by atoms with Gasteiger partial charge in [0.05, 0.1) is 6.42 Å². The van der Waals surface area contributed by atoms with Crippen molar-refractivity contribution in [1.29, 1.82) is 0 Å². The fourth-order valence-electron chi connectivity index (χ4n) is 2.04. The summed E-state index contributed by atoms with van der Waals surface area (Å²) >= 11 is 0. The lowest BCUT2D eigenvalue weighted by atomic mass is 10.1. The van der Waals surface area contributed by atoms with Crippen LogP contribution in [0.3, 0.4) is 0 Å². The highest BCUT2D eigenvalue weighted by Crippen LogP contribution is 2.16. The molecule has 0 aliphatic rings. The first-order chi connectivity index (χ1) is 9.60. The molecule has 0 N–H and O–H groups in total. The minimum absolute atomic E-state index is 0.114. The molecule has 2 aromatic carbocycles. The molecule has 0 fully saturated rings. The van der Waals surface area contributed by atoms with Crippen molar-refractivity contribution in [3.63, 3.8) is 0 Å². The molecule has 0 aromatic heterocycles. The maximum absolute atomic E-state index is 13.1. The topological polar surface area (TPSA) is 20.3 Å². The second-order valence-corrected chi connectivity index (χ2v) is 4.42. The van der Waals surface area contributed by atoms with E-state index in [1.807, 2.05) is 6.92 Å². The molecule has 4 heteroatoms. The number of nitrogens with zero attached hydrogens (tertiary/aromatic N) is 1. The van der Waals surface area contributed by atoms with Gasteiger partial charge in [0.2, 0.25) is 5.91 Å². The van der Waals surface area contributed by atoms with Crippen molar-refractivity contribution in [2.24, 2.45) is 0 Å². The molecule has 2 nitrogen and oxygen atoms in total. The number of benzene rings is 2. The van der Waals surface area contributed by atoms with E-state index in [-0.39, 0.29) is 24.0 Å². The van der Waals surface area contributed by atoms with Gasteiger partial charge < -0.3 is 4.90 Å². The SMILES string of the molecule is CCN(C(=O)Cc1cccc(F)c1)c1ccc(F)cc1. The lowest BCUT2D eigenvalue weighted by Crippen LogP contribution is -2.32. The van der Waals surface area contributed by atoms with Crippen LogP contribution in [0.25, 0.3) is 0 Å². The smallest absolute Gasteiger partial charge is 0.231 e. The van der Waals surface area contributed by atoms with E-state index >= 15 is 0 Å². The molecule has 0 unspecified atom stereocenters. The Morgan fingerprint density at radius 2 is 1.75 bits per heavy atom. The van der Waals surface area contributed by atoms with Crippen LogP contribution in [-0.2, 0) is 11.2 Å². The number of carbonyl (C=O) groups is 1. The first-order valence-corrected chi connectivity index (χ1v) is 6.40. The van der Waals surface area contributed by atoms with E-state index in [1.54, 1.807) is 29.2 Å². The Bertz CT molecular complexity index is 596. The summed E-state index contributed by atoms with van der Waals surface area (Å²) < 4.78 is 26.0. The van der Waals surface area contributed by atoms with E-state index in [0.29, 0.717) is 17.8 Å². The third-order valence-electron chi connectivity index (χ3n) is 3.00. The number of halogens is 2. The van der Waals surface area contributed by atoms with Crippen LogP contribution < -0.4 is 4.90 Å². The first kappa shape index (κ1) is 14.2. The van der Waals surface area contributed by atoms with Gasteiger partial charge in [0.25, 0.3) is 0 Å². The molecule has 0 radical (unpaired) electrons. The van der Waals surface area contributed by atoms with Crippen LogP contribution in [0.15, 0.2) is 48.5 Å². The molecule has 0 aliphatic carbocycles. The lowest BCUT2D eigenvalue weighted by Gasteiger charge is -2.21. The summed E-state index contributed by atoms with van der Waals surface area (Å²) in [5, 5.41) is 0. The van der Waals surface area contributed by atoms with E-state index < -0.39 is 0 Å². The molecule has 0 saturated heterocycles. The summed E-state index contributed by atoms with van der Waals surface area (Å²) in [6.07, 6.45) is 0.114. The summed E-state index contributed by atoms with van der Waals surface area (Å²) in [4.78, 5) is 13.8. The maximum Gasteiger partial charge on any atom is 0.231 e. The van der Waals surface area contributed by atoms with E-state index in [9.17, 15) is 13.6 Å². The molecule has 2 rings (SSSR count). The molecule has 0 spiro atoms. The predicted molar refractivity (Wildman–Crippen MR) is 74.5 cm³/mol. The first-order valence-electron chi connectivity index (χ1n) is 6.40. The number of rotatable bonds is 4. The van der Waals surface area contributed by atoms with Gasteiger partial charge in [-0.25, -0.2) is 8.78 Å². The standard InChI is InChI=1S/C16H15F2NO/c1-2-19(15-8-6-13(17)7-9-15)16(20)11-12-4-3-5-14(18)10-12/h3-10H,2,11H2,1H3. The minimum atomic E-state index is -0.361. The van der Waals surface area contributed by atoms with E-state index in [1.165, 1.54) is 24.3 Å². The number of likely N-dealkylation sites (N-methyl/N-ethyl adjacent to an activating group) is 1. The zero-order valence-corrected chi connectivity index (χ0v) is 11.1. The molecule has 0 atom stereocenters. The van der Waals surface area contributed by atoms with Crippen molar-refractivity contribution in [1.82, 2.24) is 0 Å². The minimum Gasteiger partial charge on any atom is -0.312 e. The molecule has 20 heavy (non-hydrogen) atoms. The van der Waals surface area contributed by atoms with Crippen LogP contribution in [0.5, 0.6) is 0 Å². The normalized spacial score (nSPS) is 10.3. The molecule has 1 amide bonds. The van der Waals surface area contributed by atoms with Crippen LogP contribution in [0, 0.1) is 11.6 Å². The van der Waals surface area contributed by atoms with Gasteiger partial charge in [-0.3, -0.25) is 4.79 Å². The van der Waals surface area contributed by atoms with Crippen molar-refractivity contribution < 1.29 is 13.6 Å². The van der Waals surface area contributed by atoms with Crippen molar-refractivity contribution in [2.75, 3.05) is 11.4 Å². The van der Waals surface area contributed by atoms with Crippen LogP contribution in [0.4, 0.5) is 14.5 Å². The van der Waals surface area contributed by atoms with E-state index in [0.717, 1.165) is 0 Å². The number of hydrogen-bond donors (Lipinski definition) is 0. The predicted octanol–water partition coefficient (Wildman–Crippen LogP) is 3.56. The quantitative estimate of drug-likeness (QED) is 0.835. The third kappa shape index (κ3) is 3.41. The maximum atomic E-state index is 13.1. The largest absolute Gasteiger partial charge is 0.312 e. The fraction of sp³-hybridized carbons (Fsp3) is 0.188. The Morgan fingerprint density at radius 1 is 1.05 bits per heavy atom. The Labute approximate surface area is 116 Å². The van der Waals surface area contributed by atoms with Crippen LogP contribution >= 0.6 is 0 Å². The summed E-state index contributed by atoms with van der Waals surface area (Å²) in [5.74, 6) is -0.854. The van der Waals surface area contributed by atoms with Gasteiger partial charge in [0.1, 0.15) is 11.6 Å². The van der Waals surface area contributed by atoms with Gasteiger partial charge in [-0.2, -0.15) is 0 Å². The monoisotopic (exact) mass is 275 g/mol. The fourth-order valence-corrected chi connectivity index (χ4v) is 2.04. The Morgan fingerprint density at radius 3 is 2.35 bits per heavy atom. The van der Waals surface area contributed by atoms with Gasteiger partial charge in [-0.15, -0.1) is 0 Å². The molecule has 104 valence electrons. The number of amides is 1. The molecular weight excluding hydrogens is 260 g/mol. The van der Waals surface area contributed by atoms with Gasteiger partial charge in [0.15, 0.2) is 0 Å². The summed E-state index contributed by atoms with van der Waals surface area (Å²) in [6, 6.07) is 11.7. The van der Waals surface area contributed by atoms with E-state index in [2.05, 4.69) is 0 Å². The van der Waals surface area contributed by atoms with Crippen LogP contribution in [-0.4, -0.2) is 12.5 Å². The van der Waals surface area contributed by atoms with Crippen molar-refractivity contribution in [3.8, 4) is 0 Å². The molecule has 2 aromatic rings. The highest BCUT2D eigenvalue weighted by Gasteiger charge is 2.14.